The van der Waals surface area contributed by atoms with E-state index in [9.17, 15) is 4.79 Å². The van der Waals surface area contributed by atoms with E-state index in [1.807, 2.05) is 79.7 Å². The maximum absolute atomic E-state index is 11.6. The summed E-state index contributed by atoms with van der Waals surface area (Å²) in [5, 5.41) is 0. The fourth-order valence-corrected chi connectivity index (χ4v) is 1.69. The Hall–Kier alpha value is -2.79. The third kappa shape index (κ3) is 5.38. The predicted molar refractivity (Wildman–Crippen MR) is 84.4 cm³/mol. The molecule has 0 aromatic heterocycles. The molecule has 1 atom stereocenters. The number of carbonyl (C=O) groups is 1. The average molecular weight is 276 g/mol. The molecule has 2 aromatic carbocycles. The first-order chi connectivity index (χ1) is 10.2. The Bertz CT molecular complexity index is 661. The largest absolute Gasteiger partial charge is 0.449 e. The van der Waals surface area contributed by atoms with Gasteiger partial charge in [-0.15, -0.1) is 0 Å². The van der Waals surface area contributed by atoms with Crippen molar-refractivity contribution in [1.82, 2.24) is 0 Å². The maximum atomic E-state index is 11.6. The Kier molecular flexibility index (Phi) is 5.37. The zero-order valence-corrected chi connectivity index (χ0v) is 11.8. The number of carbonyl (C=O) groups excluding carboxylic acids is 1. The number of hydrogen-bond donors (Lipinski definition) is 0. The molecule has 21 heavy (non-hydrogen) atoms. The number of esters is 1. The van der Waals surface area contributed by atoms with Crippen molar-refractivity contribution in [2.24, 2.45) is 0 Å². The van der Waals surface area contributed by atoms with Crippen molar-refractivity contribution in [3.05, 3.63) is 77.9 Å². The molecule has 0 N–H and O–H groups in total. The Balaban J connectivity index is 1.88. The van der Waals surface area contributed by atoms with Crippen molar-refractivity contribution >= 4 is 12.0 Å². The normalized spacial score (nSPS) is 11.5. The summed E-state index contributed by atoms with van der Waals surface area (Å²) < 4.78 is 5.19. The van der Waals surface area contributed by atoms with Crippen molar-refractivity contribution in [3.63, 3.8) is 0 Å². The van der Waals surface area contributed by atoms with Gasteiger partial charge in [0.1, 0.15) is 6.10 Å². The summed E-state index contributed by atoms with van der Waals surface area (Å²) in [5.41, 5.74) is 1.86. The number of benzene rings is 2. The molecule has 0 aliphatic heterocycles. The van der Waals surface area contributed by atoms with E-state index < -0.39 is 5.97 Å². The summed E-state index contributed by atoms with van der Waals surface area (Å²) in [6, 6.07) is 19.2. The molecule has 2 aromatic rings. The number of hydrogen-bond acceptors (Lipinski definition) is 2. The van der Waals surface area contributed by atoms with Crippen LogP contribution in [0.1, 0.15) is 18.1 Å². The van der Waals surface area contributed by atoms with E-state index in [2.05, 4.69) is 11.8 Å². The minimum absolute atomic E-state index is 0.317. The van der Waals surface area contributed by atoms with Gasteiger partial charge in [-0.2, -0.15) is 0 Å². The van der Waals surface area contributed by atoms with Crippen LogP contribution < -0.4 is 0 Å². The van der Waals surface area contributed by atoms with Gasteiger partial charge in [0.2, 0.25) is 0 Å². The van der Waals surface area contributed by atoms with Crippen LogP contribution in [0.4, 0.5) is 0 Å². The predicted octanol–water partition coefficient (Wildman–Crippen LogP) is 3.68. The van der Waals surface area contributed by atoms with Crippen molar-refractivity contribution < 1.29 is 9.53 Å². The van der Waals surface area contributed by atoms with E-state index in [-0.39, 0.29) is 6.10 Å². The first-order valence-corrected chi connectivity index (χ1v) is 6.75. The standard InChI is InChI=1S/C19H16O2/c1-16(12-13-17-8-4-2-5-9-17)21-19(20)15-14-18-10-6-3-7-11-18/h2-13,16H,1H3/b13-12+. The minimum atomic E-state index is -0.524. The van der Waals surface area contributed by atoms with Gasteiger partial charge >= 0.3 is 5.97 Å². The van der Waals surface area contributed by atoms with Gasteiger partial charge in [0.05, 0.1) is 0 Å². The molecule has 0 fully saturated rings. The second-order valence-corrected chi connectivity index (χ2v) is 4.50. The van der Waals surface area contributed by atoms with Gasteiger partial charge in [0.25, 0.3) is 0 Å². The second kappa shape index (κ2) is 7.72. The highest BCUT2D eigenvalue weighted by Gasteiger charge is 2.02. The topological polar surface area (TPSA) is 26.3 Å². The van der Waals surface area contributed by atoms with Crippen LogP contribution >= 0.6 is 0 Å². The van der Waals surface area contributed by atoms with Crippen molar-refractivity contribution in [3.8, 4) is 11.8 Å². The van der Waals surface area contributed by atoms with E-state index in [1.54, 1.807) is 0 Å². The summed E-state index contributed by atoms with van der Waals surface area (Å²) in [4.78, 5) is 11.6. The summed E-state index contributed by atoms with van der Waals surface area (Å²) in [6.07, 6.45) is 3.43. The van der Waals surface area contributed by atoms with Crippen LogP contribution in [0.15, 0.2) is 66.7 Å². The summed E-state index contributed by atoms with van der Waals surface area (Å²) >= 11 is 0. The van der Waals surface area contributed by atoms with Gasteiger partial charge < -0.3 is 4.74 Å². The highest BCUT2D eigenvalue weighted by molar-refractivity contribution is 5.89. The molecule has 2 heteroatoms. The molecule has 2 nitrogen and oxygen atoms in total. The molecule has 0 aliphatic rings. The second-order valence-electron chi connectivity index (χ2n) is 4.50. The Labute approximate surface area is 125 Å². The number of rotatable bonds is 3. The molecule has 1 unspecified atom stereocenters. The molecule has 0 aliphatic carbocycles. The summed E-state index contributed by atoms with van der Waals surface area (Å²) in [6.45, 7) is 1.81. The molecular weight excluding hydrogens is 260 g/mol. The average Bonchev–Trinajstić information content (AvgIpc) is 2.53. The van der Waals surface area contributed by atoms with Crippen LogP contribution in [0, 0.1) is 11.8 Å². The molecule has 0 bridgehead atoms. The van der Waals surface area contributed by atoms with E-state index in [4.69, 9.17) is 4.74 Å². The lowest BCUT2D eigenvalue weighted by Crippen LogP contribution is -2.10. The third-order valence-electron chi connectivity index (χ3n) is 2.73. The van der Waals surface area contributed by atoms with Gasteiger partial charge in [-0.1, -0.05) is 60.5 Å². The fourth-order valence-electron chi connectivity index (χ4n) is 1.69. The molecule has 104 valence electrons. The lowest BCUT2D eigenvalue weighted by Gasteiger charge is -2.05. The smallest absolute Gasteiger partial charge is 0.385 e. The van der Waals surface area contributed by atoms with Crippen LogP contribution in [-0.2, 0) is 9.53 Å². The fraction of sp³-hybridized carbons (Fsp3) is 0.105. The van der Waals surface area contributed by atoms with E-state index in [0.717, 1.165) is 11.1 Å². The van der Waals surface area contributed by atoms with E-state index in [0.29, 0.717) is 0 Å². The van der Waals surface area contributed by atoms with Crippen LogP contribution in [0.25, 0.3) is 6.08 Å². The summed E-state index contributed by atoms with van der Waals surface area (Å²) in [5.74, 6) is 4.73. The molecule has 0 saturated heterocycles. The maximum Gasteiger partial charge on any atom is 0.385 e. The van der Waals surface area contributed by atoms with Crippen molar-refractivity contribution in [1.29, 1.82) is 0 Å². The van der Waals surface area contributed by atoms with Gasteiger partial charge in [0, 0.05) is 11.5 Å². The van der Waals surface area contributed by atoms with Crippen LogP contribution in [0.5, 0.6) is 0 Å². The van der Waals surface area contributed by atoms with Crippen molar-refractivity contribution in [2.75, 3.05) is 0 Å². The molecule has 0 heterocycles. The van der Waals surface area contributed by atoms with Gasteiger partial charge in [0.15, 0.2) is 0 Å². The zero-order chi connectivity index (χ0) is 14.9. The summed E-state index contributed by atoms with van der Waals surface area (Å²) in [7, 11) is 0. The Morgan fingerprint density at radius 3 is 2.33 bits per heavy atom. The Morgan fingerprint density at radius 2 is 1.67 bits per heavy atom. The molecule has 0 amide bonds. The van der Waals surface area contributed by atoms with Crippen LogP contribution in [-0.4, -0.2) is 12.1 Å². The third-order valence-corrected chi connectivity index (χ3v) is 2.73. The molecule has 0 saturated carbocycles. The van der Waals surface area contributed by atoms with Gasteiger partial charge in [-0.25, -0.2) is 4.79 Å². The van der Waals surface area contributed by atoms with Gasteiger partial charge in [-0.3, -0.25) is 0 Å². The van der Waals surface area contributed by atoms with Crippen LogP contribution in [0.2, 0.25) is 0 Å². The first-order valence-electron chi connectivity index (χ1n) is 6.75. The van der Waals surface area contributed by atoms with E-state index in [1.165, 1.54) is 0 Å². The molecule has 0 spiro atoms. The van der Waals surface area contributed by atoms with E-state index >= 15 is 0 Å². The minimum Gasteiger partial charge on any atom is -0.449 e. The molecular formula is C19H16O2. The Morgan fingerprint density at radius 1 is 1.05 bits per heavy atom. The van der Waals surface area contributed by atoms with Gasteiger partial charge in [-0.05, 0) is 30.7 Å². The zero-order valence-electron chi connectivity index (χ0n) is 11.8. The lowest BCUT2D eigenvalue weighted by molar-refractivity contribution is -0.139. The quantitative estimate of drug-likeness (QED) is 0.631. The first kappa shape index (κ1) is 14.6. The monoisotopic (exact) mass is 276 g/mol. The SMILES string of the molecule is CC(/C=C/c1ccccc1)OC(=O)C#Cc1ccccc1. The highest BCUT2D eigenvalue weighted by Crippen LogP contribution is 2.04. The molecule has 2 rings (SSSR count). The molecule has 0 radical (unpaired) electrons. The van der Waals surface area contributed by atoms with Crippen LogP contribution in [0.3, 0.4) is 0 Å². The highest BCUT2D eigenvalue weighted by atomic mass is 16.5. The van der Waals surface area contributed by atoms with Crippen molar-refractivity contribution in [2.45, 2.75) is 13.0 Å². The lowest BCUT2D eigenvalue weighted by atomic mass is 10.2. The number of ether oxygens (including phenoxy) is 1.